The van der Waals surface area contributed by atoms with E-state index >= 15 is 0 Å². The number of allylic oxidation sites excluding steroid dienone is 2. The number of aryl methyl sites for hydroxylation is 1. The molecule has 0 spiro atoms. The van der Waals surface area contributed by atoms with E-state index in [1.54, 1.807) is 24.3 Å². The predicted octanol–water partition coefficient (Wildman–Crippen LogP) is 3.07. The number of aliphatic imine (C=N–C) groups is 1. The Bertz CT molecular complexity index is 3010. The van der Waals surface area contributed by atoms with Gasteiger partial charge in [-0.2, -0.15) is 4.98 Å². The van der Waals surface area contributed by atoms with Crippen LogP contribution in [0.1, 0.15) is 101 Å². The van der Waals surface area contributed by atoms with Gasteiger partial charge in [-0.3, -0.25) is 39.8 Å². The maximum absolute atomic E-state index is 13.1. The summed E-state index contributed by atoms with van der Waals surface area (Å²) in [7, 11) is 2.52. The van der Waals surface area contributed by atoms with Crippen LogP contribution in [0, 0.1) is 5.41 Å². The Hall–Kier alpha value is -6.99. The van der Waals surface area contributed by atoms with Gasteiger partial charge in [-0.05, 0) is 43.9 Å². The van der Waals surface area contributed by atoms with Crippen LogP contribution in [0.2, 0.25) is 0 Å². The highest BCUT2D eigenvalue weighted by Gasteiger charge is 2.41. The van der Waals surface area contributed by atoms with E-state index < -0.39 is 64.7 Å². The molecule has 0 saturated heterocycles. The molecule has 2 aliphatic rings. The number of alkyl carbamates (subject to hydrolysis) is 1. The molecule has 4 unspecified atom stereocenters. The van der Waals surface area contributed by atoms with E-state index in [1.165, 1.54) is 27.8 Å². The average Bonchev–Trinajstić information content (AvgIpc) is 1.98. The summed E-state index contributed by atoms with van der Waals surface area (Å²) in [5, 5.41) is 54.1. The quantitative estimate of drug-likeness (QED) is 0.0177. The average molecular weight is 1190 g/mol. The number of benzene rings is 1. The van der Waals surface area contributed by atoms with Crippen LogP contribution >= 0.6 is 21.6 Å². The van der Waals surface area contributed by atoms with Gasteiger partial charge in [-0.1, -0.05) is 79.1 Å². The Kier molecular flexibility index (Phi) is 25.3. The molecule has 83 heavy (non-hydrogen) atoms. The van der Waals surface area contributed by atoms with Gasteiger partial charge in [-0.25, -0.2) is 24.5 Å². The number of nitrogen functional groups attached to an aromatic ring is 1. The van der Waals surface area contributed by atoms with Crippen LogP contribution < -0.4 is 37.9 Å². The highest BCUT2D eigenvalue weighted by atomic mass is 33.1. The lowest BCUT2D eigenvalue weighted by molar-refractivity contribution is -0.141. The number of carbonyl (C=O) groups excluding carboxylic acids is 3. The van der Waals surface area contributed by atoms with Crippen molar-refractivity contribution in [1.29, 1.82) is 0 Å². The van der Waals surface area contributed by atoms with Gasteiger partial charge in [0.1, 0.15) is 36.4 Å². The van der Waals surface area contributed by atoms with E-state index in [9.17, 15) is 49.2 Å². The van der Waals surface area contributed by atoms with Crippen molar-refractivity contribution in [1.82, 2.24) is 50.8 Å². The number of ether oxygens (including phenoxy) is 4. The lowest BCUT2D eigenvalue weighted by Gasteiger charge is -2.35. The molecule has 29 heteroatoms. The topological polar surface area (TPSA) is 391 Å². The van der Waals surface area contributed by atoms with Crippen molar-refractivity contribution in [3.8, 4) is 0 Å². The Labute approximate surface area is 487 Å². The number of carboxylic acid groups (broad SMARTS) is 2. The number of fused-ring (bicyclic) bond motifs is 4. The number of amides is 3. The molecule has 1 aliphatic heterocycles. The van der Waals surface area contributed by atoms with Crippen LogP contribution in [0.25, 0.3) is 16.7 Å². The van der Waals surface area contributed by atoms with Gasteiger partial charge in [0, 0.05) is 67.1 Å². The number of unbranched alkanes of at least 4 members (excludes halogenated alkanes) is 1. The molecule has 12 N–H and O–H groups in total. The molecular weight excluding hydrogens is 1120 g/mol. The summed E-state index contributed by atoms with van der Waals surface area (Å²) in [5.41, 5.74) is 8.07. The number of hydrogen-bond acceptors (Lipinski definition) is 22. The van der Waals surface area contributed by atoms with Crippen molar-refractivity contribution in [3.63, 3.8) is 0 Å². The number of hydrogen-bond donors (Lipinski definition) is 11. The molecule has 0 bridgehead atoms. The van der Waals surface area contributed by atoms with Gasteiger partial charge in [0.15, 0.2) is 17.0 Å². The Balaban J connectivity index is 0.770. The summed E-state index contributed by atoms with van der Waals surface area (Å²) in [6.45, 7) is 10.1. The normalized spacial score (nSPS) is 15.7. The van der Waals surface area contributed by atoms with E-state index in [1.807, 2.05) is 39.0 Å². The zero-order valence-electron chi connectivity index (χ0n) is 46.9. The molecule has 3 aromatic heterocycles. The Morgan fingerprint density at radius 2 is 1.65 bits per heavy atom. The van der Waals surface area contributed by atoms with Crippen LogP contribution in [0.15, 0.2) is 58.5 Å². The fourth-order valence-electron chi connectivity index (χ4n) is 8.54. The number of H-pyrrole nitrogens is 1. The summed E-state index contributed by atoms with van der Waals surface area (Å²) >= 11 is 0. The fraction of sp³-hybridized carbons (Fsp3) is 0.537. The number of aliphatic hydroxyl groups is 2. The number of nitrogens with two attached hydrogens (primary N) is 1. The largest absolute Gasteiger partial charge is 0.480 e. The molecule has 0 fully saturated rings. The SMILES string of the molecule is CCCCc1nc2c(n1CC(C)(C)CO)C1=CC=CCC1(C)N=C2NC(=O)OCCSSCC(NC(=O)CCOCCOCCOCCNC(=O)CCC(NC(O)c1ccc(NCc2cnc3nc(N)[nH]c(=O)c3n2)cc1)C(=O)O)C(=O)O. The maximum atomic E-state index is 13.1. The van der Waals surface area contributed by atoms with Crippen molar-refractivity contribution < 1.29 is 63.3 Å². The molecule has 27 nitrogen and oxygen atoms in total. The molecule has 0 saturated carbocycles. The van der Waals surface area contributed by atoms with Gasteiger partial charge >= 0.3 is 18.0 Å². The first-order valence-corrected chi connectivity index (χ1v) is 29.7. The smallest absolute Gasteiger partial charge is 0.412 e. The number of aromatic nitrogens is 6. The summed E-state index contributed by atoms with van der Waals surface area (Å²) in [4.78, 5) is 98.8. The second-order valence-electron chi connectivity index (χ2n) is 20.4. The number of nitrogens with one attached hydrogen (secondary N) is 6. The van der Waals surface area contributed by atoms with Crippen molar-refractivity contribution in [3.05, 3.63) is 87.5 Å². The molecule has 1 aromatic carbocycles. The van der Waals surface area contributed by atoms with E-state index in [0.29, 0.717) is 47.2 Å². The number of aliphatic hydroxyl groups excluding tert-OH is 2. The zero-order chi connectivity index (χ0) is 59.9. The predicted molar refractivity (Wildman–Crippen MR) is 312 cm³/mol. The molecule has 3 amide bonds. The van der Waals surface area contributed by atoms with Gasteiger partial charge < -0.3 is 65.6 Å². The third-order valence-electron chi connectivity index (χ3n) is 13.0. The standard InChI is InChI=1S/C54H75N13O14S2/c1-5-6-10-39-62-42-44(67(39)31-53(2,3)32-68)36-9-7-8-18-54(36,4)66-46(42)64-52(77)81-26-27-82-83-30-38(50(75)76)60-41(70)17-20-78-22-24-80-25-23-79-21-19-56-40(69)16-15-37(49(73)74)61-47(71)33-11-13-34(14-12-33)57-28-35-29-58-45-43(59-35)48(72)65-51(55)63-45/h7-9,11-14,29,37-38,47,57,61,68,71H,5-6,10,15-28,30-32H2,1-4H3,(H,56,69)(H,60,70)(H,73,74)(H,75,76)(H,64,66,77)(H3,55,58,63,65,72). The Morgan fingerprint density at radius 1 is 0.928 bits per heavy atom. The molecule has 0 radical (unpaired) electrons. The molecule has 4 atom stereocenters. The second kappa shape index (κ2) is 32.2. The molecule has 4 aromatic rings. The molecule has 6 rings (SSSR count). The van der Waals surface area contributed by atoms with Crippen LogP contribution in [-0.2, 0) is 57.6 Å². The van der Waals surface area contributed by atoms with Crippen LogP contribution in [-0.4, -0.2) is 174 Å². The summed E-state index contributed by atoms with van der Waals surface area (Å²) in [6.07, 6.45) is 8.44. The minimum atomic E-state index is -1.34. The summed E-state index contributed by atoms with van der Waals surface area (Å²) < 4.78 is 24.1. The van der Waals surface area contributed by atoms with Gasteiger partial charge in [0.05, 0.1) is 69.3 Å². The zero-order valence-corrected chi connectivity index (χ0v) is 48.6. The van der Waals surface area contributed by atoms with Crippen molar-refractivity contribution in [2.45, 2.75) is 110 Å². The third kappa shape index (κ3) is 20.1. The number of rotatable bonds is 36. The minimum Gasteiger partial charge on any atom is -0.480 e. The highest BCUT2D eigenvalue weighted by molar-refractivity contribution is 8.76. The highest BCUT2D eigenvalue weighted by Crippen LogP contribution is 2.43. The number of nitrogens with zero attached hydrogens (tertiary/aromatic N) is 6. The first-order valence-electron chi connectivity index (χ1n) is 27.2. The number of imidazole rings is 1. The Morgan fingerprint density at radius 3 is 2.36 bits per heavy atom. The number of anilines is 2. The van der Waals surface area contributed by atoms with Crippen molar-refractivity contribution in [2.75, 3.05) is 82.0 Å². The number of carboxylic acids is 2. The number of amidine groups is 1. The first kappa shape index (κ1) is 65.2. The van der Waals surface area contributed by atoms with E-state index in [0.717, 1.165) is 36.4 Å². The van der Waals surface area contributed by atoms with Gasteiger partial charge in [0.2, 0.25) is 17.8 Å². The summed E-state index contributed by atoms with van der Waals surface area (Å²) in [5.74, 6) is -1.82. The van der Waals surface area contributed by atoms with Crippen molar-refractivity contribution >= 4 is 85.6 Å². The summed E-state index contributed by atoms with van der Waals surface area (Å²) in [6, 6.07) is 4.16. The molecule has 452 valence electrons. The molecule has 4 heterocycles. The monoisotopic (exact) mass is 1190 g/mol. The first-order chi connectivity index (χ1) is 39.8. The fourth-order valence-corrected chi connectivity index (χ4v) is 10.5. The lowest BCUT2D eigenvalue weighted by Crippen LogP contribution is -2.42. The third-order valence-corrected chi connectivity index (χ3v) is 15.4. The number of aliphatic carboxylic acids is 2. The maximum Gasteiger partial charge on any atom is 0.412 e. The minimum absolute atomic E-state index is 0.0135. The number of aromatic amines is 1. The van der Waals surface area contributed by atoms with Crippen LogP contribution in [0.5, 0.6) is 0 Å². The molecule has 1 aliphatic carbocycles. The van der Waals surface area contributed by atoms with Crippen LogP contribution in [0.3, 0.4) is 0 Å². The second-order valence-corrected chi connectivity index (χ2v) is 23.0. The molecular formula is C54H75N13O14S2. The van der Waals surface area contributed by atoms with Crippen LogP contribution in [0.4, 0.5) is 16.4 Å². The van der Waals surface area contributed by atoms with E-state index in [-0.39, 0.29) is 108 Å². The van der Waals surface area contributed by atoms with E-state index in [2.05, 4.69) is 58.0 Å². The number of carbonyl (C=O) groups is 5. The van der Waals surface area contributed by atoms with Gasteiger partial charge in [0.25, 0.3) is 5.56 Å². The van der Waals surface area contributed by atoms with E-state index in [4.69, 9.17) is 34.7 Å². The lowest BCUT2D eigenvalue weighted by atomic mass is 9.80. The van der Waals surface area contributed by atoms with Gasteiger partial charge in [-0.15, -0.1) is 0 Å². The van der Waals surface area contributed by atoms with Crippen molar-refractivity contribution in [2.24, 2.45) is 10.4 Å².